The Kier molecular flexibility index (Phi) is 3.68. The molecule has 0 amide bonds. The second-order valence-electron chi connectivity index (χ2n) is 3.10. The van der Waals surface area contributed by atoms with Gasteiger partial charge in [0.2, 0.25) is 5.95 Å². The highest BCUT2D eigenvalue weighted by atomic mass is 79.9. The maximum absolute atomic E-state index is 5.59. The molecule has 16 heavy (non-hydrogen) atoms. The summed E-state index contributed by atoms with van der Waals surface area (Å²) >= 11 is 4.85. The highest BCUT2D eigenvalue weighted by Crippen LogP contribution is 2.12. The van der Waals surface area contributed by atoms with Gasteiger partial charge in [-0.15, -0.1) is 11.3 Å². The van der Waals surface area contributed by atoms with Crippen molar-refractivity contribution in [3.8, 4) is 0 Å². The molecule has 0 saturated carbocycles. The molecule has 2 rings (SSSR count). The molecule has 0 aromatic carbocycles. The Morgan fingerprint density at radius 3 is 3.00 bits per heavy atom. The molecule has 7 heteroatoms. The van der Waals surface area contributed by atoms with Crippen molar-refractivity contribution < 1.29 is 0 Å². The fourth-order valence-electron chi connectivity index (χ4n) is 1.18. The third kappa shape index (κ3) is 3.14. The molecule has 0 unspecified atom stereocenters. The summed E-state index contributed by atoms with van der Waals surface area (Å²) < 4.78 is 0.677. The van der Waals surface area contributed by atoms with Gasteiger partial charge in [-0.2, -0.15) is 4.98 Å². The van der Waals surface area contributed by atoms with Crippen molar-refractivity contribution in [2.75, 3.05) is 17.6 Å². The fraction of sp³-hybridized carbons (Fsp3) is 0.222. The van der Waals surface area contributed by atoms with E-state index in [0.29, 0.717) is 16.4 Å². The zero-order valence-corrected chi connectivity index (χ0v) is 10.8. The lowest BCUT2D eigenvalue weighted by atomic mass is 10.3. The van der Waals surface area contributed by atoms with E-state index in [2.05, 4.69) is 36.2 Å². The van der Waals surface area contributed by atoms with E-state index < -0.39 is 0 Å². The van der Waals surface area contributed by atoms with Gasteiger partial charge in [0.05, 0.1) is 11.2 Å². The van der Waals surface area contributed by atoms with Gasteiger partial charge in [-0.1, -0.05) is 0 Å². The van der Waals surface area contributed by atoms with E-state index in [9.17, 15) is 0 Å². The Morgan fingerprint density at radius 2 is 2.31 bits per heavy atom. The summed E-state index contributed by atoms with van der Waals surface area (Å²) in [4.78, 5) is 12.4. The Morgan fingerprint density at radius 1 is 1.44 bits per heavy atom. The molecule has 5 nitrogen and oxygen atoms in total. The van der Waals surface area contributed by atoms with E-state index in [-0.39, 0.29) is 0 Å². The third-order valence-corrected chi connectivity index (χ3v) is 2.90. The topological polar surface area (TPSA) is 76.7 Å². The summed E-state index contributed by atoms with van der Waals surface area (Å²) in [7, 11) is 0. The minimum atomic E-state index is 0.443. The highest BCUT2D eigenvalue weighted by molar-refractivity contribution is 9.10. The molecule has 3 N–H and O–H groups in total. The van der Waals surface area contributed by atoms with Crippen LogP contribution in [0.3, 0.4) is 0 Å². The van der Waals surface area contributed by atoms with E-state index in [4.69, 9.17) is 5.73 Å². The molecule has 0 saturated heterocycles. The van der Waals surface area contributed by atoms with Gasteiger partial charge >= 0.3 is 0 Å². The van der Waals surface area contributed by atoms with Gasteiger partial charge in [0.15, 0.2) is 0 Å². The molecular formula is C9H10BrN5S. The molecule has 0 aliphatic heterocycles. The van der Waals surface area contributed by atoms with Gasteiger partial charge < -0.3 is 11.1 Å². The van der Waals surface area contributed by atoms with Gasteiger partial charge in [-0.25, -0.2) is 9.97 Å². The first kappa shape index (κ1) is 11.3. The number of thiazole rings is 1. The maximum atomic E-state index is 5.59. The van der Waals surface area contributed by atoms with Crippen molar-refractivity contribution in [2.45, 2.75) is 6.42 Å². The van der Waals surface area contributed by atoms with E-state index in [1.807, 2.05) is 10.9 Å². The van der Waals surface area contributed by atoms with Gasteiger partial charge in [-0.05, 0) is 15.9 Å². The molecule has 0 bridgehead atoms. The van der Waals surface area contributed by atoms with E-state index in [0.717, 1.165) is 18.7 Å². The number of rotatable bonds is 4. The summed E-state index contributed by atoms with van der Waals surface area (Å²) in [6, 6.07) is 1.66. The van der Waals surface area contributed by atoms with Gasteiger partial charge in [0.25, 0.3) is 0 Å². The lowest BCUT2D eigenvalue weighted by molar-refractivity contribution is 0.952. The van der Waals surface area contributed by atoms with Crippen LogP contribution in [0.1, 0.15) is 5.69 Å². The van der Waals surface area contributed by atoms with Crippen LogP contribution in [0.25, 0.3) is 0 Å². The molecular weight excluding hydrogens is 290 g/mol. The van der Waals surface area contributed by atoms with Crippen molar-refractivity contribution in [3.05, 3.63) is 27.3 Å². The standard InChI is InChI=1S/C9H10BrN5S/c10-7-3-8(11)15-9(14-7)12-2-1-6-4-16-5-13-6/h3-5H,1-2H2,(H3,11,12,14,15). The number of anilines is 2. The number of nitrogens with zero attached hydrogens (tertiary/aromatic N) is 3. The number of nitrogens with one attached hydrogen (secondary N) is 1. The molecule has 0 fully saturated rings. The molecule has 0 aliphatic carbocycles. The van der Waals surface area contributed by atoms with Crippen molar-refractivity contribution in [3.63, 3.8) is 0 Å². The highest BCUT2D eigenvalue weighted by Gasteiger charge is 2.00. The van der Waals surface area contributed by atoms with E-state index in [1.165, 1.54) is 0 Å². The summed E-state index contributed by atoms with van der Waals surface area (Å²) in [6.07, 6.45) is 0.847. The van der Waals surface area contributed by atoms with Gasteiger partial charge in [0, 0.05) is 24.4 Å². The lowest BCUT2D eigenvalue weighted by Gasteiger charge is -2.04. The second kappa shape index (κ2) is 5.22. The summed E-state index contributed by atoms with van der Waals surface area (Å²) in [6.45, 7) is 0.736. The lowest BCUT2D eigenvalue weighted by Crippen LogP contribution is -2.09. The number of halogens is 1. The zero-order valence-electron chi connectivity index (χ0n) is 8.35. The molecule has 84 valence electrons. The quantitative estimate of drug-likeness (QED) is 0.844. The van der Waals surface area contributed by atoms with Crippen LogP contribution in [0.15, 0.2) is 21.6 Å². The maximum Gasteiger partial charge on any atom is 0.225 e. The molecule has 0 aliphatic rings. The number of aromatic nitrogens is 3. The molecule has 2 heterocycles. The predicted molar refractivity (Wildman–Crippen MR) is 68.5 cm³/mol. The van der Waals surface area contributed by atoms with Crippen LogP contribution in [-0.4, -0.2) is 21.5 Å². The minimum absolute atomic E-state index is 0.443. The first-order valence-corrected chi connectivity index (χ1v) is 6.38. The second-order valence-corrected chi connectivity index (χ2v) is 4.63. The van der Waals surface area contributed by atoms with Crippen molar-refractivity contribution in [1.29, 1.82) is 0 Å². The first-order chi connectivity index (χ1) is 7.74. The largest absolute Gasteiger partial charge is 0.383 e. The van der Waals surface area contributed by atoms with Crippen LogP contribution in [0.5, 0.6) is 0 Å². The number of nitrogens with two attached hydrogens (primary N) is 1. The minimum Gasteiger partial charge on any atom is -0.383 e. The van der Waals surface area contributed by atoms with Crippen LogP contribution >= 0.6 is 27.3 Å². The number of nitrogen functional groups attached to an aromatic ring is 1. The third-order valence-electron chi connectivity index (χ3n) is 1.86. The first-order valence-electron chi connectivity index (χ1n) is 4.65. The van der Waals surface area contributed by atoms with E-state index in [1.54, 1.807) is 17.4 Å². The summed E-state index contributed by atoms with van der Waals surface area (Å²) in [5, 5.41) is 5.12. The Bertz CT molecular complexity index is 439. The zero-order chi connectivity index (χ0) is 11.4. The molecule has 2 aromatic rings. The Labute approximate surface area is 105 Å². The summed E-state index contributed by atoms with van der Waals surface area (Å²) in [5.41, 5.74) is 8.49. The Balaban J connectivity index is 1.89. The SMILES string of the molecule is Nc1cc(Br)nc(NCCc2cscn2)n1. The van der Waals surface area contributed by atoms with Crippen LogP contribution in [-0.2, 0) is 6.42 Å². The van der Waals surface area contributed by atoms with Gasteiger partial charge in [0.1, 0.15) is 10.4 Å². The van der Waals surface area contributed by atoms with Crippen molar-refractivity contribution in [2.24, 2.45) is 0 Å². The number of hydrogen-bond donors (Lipinski definition) is 2. The van der Waals surface area contributed by atoms with Gasteiger partial charge in [-0.3, -0.25) is 0 Å². The molecule has 0 radical (unpaired) electrons. The van der Waals surface area contributed by atoms with Crippen molar-refractivity contribution >= 4 is 39.0 Å². The normalized spacial score (nSPS) is 10.3. The Hall–Kier alpha value is -1.21. The molecule has 0 spiro atoms. The van der Waals surface area contributed by atoms with Crippen molar-refractivity contribution in [1.82, 2.24) is 15.0 Å². The monoisotopic (exact) mass is 299 g/mol. The number of hydrogen-bond acceptors (Lipinski definition) is 6. The average Bonchev–Trinajstić information content (AvgIpc) is 2.69. The molecule has 0 atom stereocenters. The van der Waals surface area contributed by atoms with E-state index >= 15 is 0 Å². The van der Waals surface area contributed by atoms with Crippen LogP contribution in [0.4, 0.5) is 11.8 Å². The molecule has 2 aromatic heterocycles. The van der Waals surface area contributed by atoms with Crippen LogP contribution < -0.4 is 11.1 Å². The summed E-state index contributed by atoms with van der Waals surface area (Å²) in [5.74, 6) is 0.972. The van der Waals surface area contributed by atoms with Crippen LogP contribution in [0.2, 0.25) is 0 Å². The average molecular weight is 300 g/mol. The fourth-order valence-corrected chi connectivity index (χ4v) is 2.17. The smallest absolute Gasteiger partial charge is 0.225 e. The van der Waals surface area contributed by atoms with Crippen LogP contribution in [0, 0.1) is 0 Å². The predicted octanol–water partition coefficient (Wildman–Crippen LogP) is 1.93.